The lowest BCUT2D eigenvalue weighted by Gasteiger charge is -2.26. The molecule has 1 N–H and O–H groups in total. The van der Waals surface area contributed by atoms with Crippen molar-refractivity contribution < 1.29 is 19.1 Å². The average molecular weight is 382 g/mol. The Morgan fingerprint density at radius 3 is 2.64 bits per heavy atom. The van der Waals surface area contributed by atoms with Gasteiger partial charge < -0.3 is 19.7 Å². The minimum atomic E-state index is -0.216. The summed E-state index contributed by atoms with van der Waals surface area (Å²) in [7, 11) is 1.63. The van der Waals surface area contributed by atoms with E-state index in [1.54, 1.807) is 36.3 Å². The second-order valence-electron chi connectivity index (χ2n) is 6.93. The Labute approximate surface area is 165 Å². The number of ether oxygens (including phenoxy) is 2. The number of hydrogen-bond acceptors (Lipinski definition) is 4. The van der Waals surface area contributed by atoms with Crippen molar-refractivity contribution in [3.05, 3.63) is 59.7 Å². The van der Waals surface area contributed by atoms with Crippen LogP contribution in [0.1, 0.15) is 35.7 Å². The van der Waals surface area contributed by atoms with Crippen LogP contribution >= 0.6 is 0 Å². The van der Waals surface area contributed by atoms with Gasteiger partial charge in [-0.05, 0) is 49.6 Å². The van der Waals surface area contributed by atoms with Crippen LogP contribution in [0.5, 0.6) is 5.75 Å². The predicted molar refractivity (Wildman–Crippen MR) is 108 cm³/mol. The van der Waals surface area contributed by atoms with Gasteiger partial charge in [-0.1, -0.05) is 24.3 Å². The number of anilines is 1. The van der Waals surface area contributed by atoms with Crippen LogP contribution < -0.4 is 10.1 Å². The maximum atomic E-state index is 13.0. The van der Waals surface area contributed by atoms with Crippen LogP contribution in [0.25, 0.3) is 0 Å². The summed E-state index contributed by atoms with van der Waals surface area (Å²) < 4.78 is 10.9. The molecule has 1 saturated heterocycles. The average Bonchev–Trinajstić information content (AvgIpc) is 3.21. The molecule has 0 aromatic heterocycles. The summed E-state index contributed by atoms with van der Waals surface area (Å²) in [5, 5.41) is 2.91. The molecule has 2 aromatic carbocycles. The van der Waals surface area contributed by atoms with Crippen molar-refractivity contribution in [2.75, 3.05) is 25.6 Å². The van der Waals surface area contributed by atoms with Gasteiger partial charge in [0.1, 0.15) is 5.75 Å². The number of nitrogens with zero attached hydrogens (tertiary/aromatic N) is 1. The third-order valence-electron chi connectivity index (χ3n) is 4.79. The lowest BCUT2D eigenvalue weighted by molar-refractivity contribution is 0.0819. The zero-order valence-corrected chi connectivity index (χ0v) is 16.3. The number of hydrogen-bond donors (Lipinski definition) is 1. The highest BCUT2D eigenvalue weighted by Crippen LogP contribution is 2.19. The molecule has 1 atom stereocenters. The largest absolute Gasteiger partial charge is 0.497 e. The molecule has 6 nitrogen and oxygen atoms in total. The Kier molecular flexibility index (Phi) is 6.66. The molecule has 0 aliphatic carbocycles. The maximum Gasteiger partial charge on any atom is 0.322 e. The first-order valence-electron chi connectivity index (χ1n) is 9.46. The molecule has 2 aromatic rings. The molecule has 1 fully saturated rings. The van der Waals surface area contributed by atoms with Crippen LogP contribution in [0.2, 0.25) is 0 Å². The predicted octanol–water partition coefficient (Wildman–Crippen LogP) is 4.11. The van der Waals surface area contributed by atoms with E-state index in [2.05, 4.69) is 5.32 Å². The van der Waals surface area contributed by atoms with E-state index in [0.29, 0.717) is 24.3 Å². The number of benzene rings is 2. The normalized spacial score (nSPS) is 15.9. The lowest BCUT2D eigenvalue weighted by atomic mass is 10.1. The number of carbonyl (C=O) groups is 2. The summed E-state index contributed by atoms with van der Waals surface area (Å²) >= 11 is 0. The fraction of sp³-hybridized carbons (Fsp3) is 0.364. The van der Waals surface area contributed by atoms with Crippen LogP contribution in [-0.4, -0.2) is 43.1 Å². The molecule has 0 spiro atoms. The summed E-state index contributed by atoms with van der Waals surface area (Å²) in [6.07, 6.45) is 2.02. The zero-order chi connectivity index (χ0) is 19.9. The van der Waals surface area contributed by atoms with Gasteiger partial charge in [0, 0.05) is 30.9 Å². The molecule has 6 heteroatoms. The number of rotatable bonds is 7. The first-order valence-corrected chi connectivity index (χ1v) is 9.46. The molecule has 1 aliphatic rings. The van der Waals surface area contributed by atoms with Crippen LogP contribution in [0.3, 0.4) is 0 Å². The molecule has 0 unspecified atom stereocenters. The van der Waals surface area contributed by atoms with E-state index >= 15 is 0 Å². The minimum Gasteiger partial charge on any atom is -0.497 e. The van der Waals surface area contributed by atoms with E-state index in [-0.39, 0.29) is 17.9 Å². The van der Waals surface area contributed by atoms with Crippen molar-refractivity contribution in [1.82, 2.24) is 4.90 Å². The number of methoxy groups -OCH3 is 1. The number of amides is 2. The van der Waals surface area contributed by atoms with Gasteiger partial charge in [0.15, 0.2) is 5.78 Å². The van der Waals surface area contributed by atoms with Gasteiger partial charge in [0.05, 0.1) is 13.2 Å². The molecule has 2 amide bonds. The van der Waals surface area contributed by atoms with Gasteiger partial charge in [0.25, 0.3) is 0 Å². The Hall–Kier alpha value is -2.86. The van der Waals surface area contributed by atoms with Crippen molar-refractivity contribution in [2.24, 2.45) is 0 Å². The molecule has 28 heavy (non-hydrogen) atoms. The van der Waals surface area contributed by atoms with Gasteiger partial charge in [-0.25, -0.2) is 4.79 Å². The Morgan fingerprint density at radius 2 is 2.00 bits per heavy atom. The summed E-state index contributed by atoms with van der Waals surface area (Å²) in [5.74, 6) is 0.741. The summed E-state index contributed by atoms with van der Waals surface area (Å²) in [5.41, 5.74) is 2.18. The quantitative estimate of drug-likeness (QED) is 0.732. The summed E-state index contributed by atoms with van der Waals surface area (Å²) in [6.45, 7) is 3.23. The van der Waals surface area contributed by atoms with Crippen molar-refractivity contribution in [3.63, 3.8) is 0 Å². The minimum absolute atomic E-state index is 0.0365. The molecule has 1 heterocycles. The van der Waals surface area contributed by atoms with E-state index in [0.717, 1.165) is 30.8 Å². The first-order chi connectivity index (χ1) is 13.5. The molecule has 0 radical (unpaired) electrons. The number of urea groups is 1. The number of carbonyl (C=O) groups excluding carboxylic acids is 2. The van der Waals surface area contributed by atoms with Crippen LogP contribution in [0.15, 0.2) is 48.5 Å². The third kappa shape index (κ3) is 5.33. The fourth-order valence-electron chi connectivity index (χ4n) is 3.22. The Balaban J connectivity index is 1.73. The van der Waals surface area contributed by atoms with Gasteiger partial charge >= 0.3 is 6.03 Å². The molecule has 0 saturated carbocycles. The van der Waals surface area contributed by atoms with E-state index < -0.39 is 0 Å². The van der Waals surface area contributed by atoms with Crippen LogP contribution in [0, 0.1) is 0 Å². The van der Waals surface area contributed by atoms with Gasteiger partial charge in [-0.3, -0.25) is 4.79 Å². The van der Waals surface area contributed by atoms with Gasteiger partial charge in [-0.2, -0.15) is 0 Å². The zero-order valence-electron chi connectivity index (χ0n) is 16.3. The second kappa shape index (κ2) is 9.37. The Bertz CT molecular complexity index is 814. The van der Waals surface area contributed by atoms with Crippen molar-refractivity contribution in [1.29, 1.82) is 0 Å². The van der Waals surface area contributed by atoms with Crippen LogP contribution in [0.4, 0.5) is 10.5 Å². The number of nitrogens with one attached hydrogen (secondary N) is 1. The molecular formula is C22H26N2O4. The van der Waals surface area contributed by atoms with Crippen molar-refractivity contribution in [3.8, 4) is 5.75 Å². The van der Waals surface area contributed by atoms with Gasteiger partial charge in [-0.15, -0.1) is 0 Å². The standard InChI is InChI=1S/C22H26N2O4/c1-16(25)18-5-3-6-19(13-18)23-22(26)24(15-21-7-4-12-28-21)14-17-8-10-20(27-2)11-9-17/h3,5-6,8-11,13,21H,4,7,12,14-15H2,1-2H3,(H,23,26)/t21-/m1/s1. The number of ketones is 1. The summed E-state index contributed by atoms with van der Waals surface area (Å²) in [6, 6.07) is 14.4. The Morgan fingerprint density at radius 1 is 1.21 bits per heavy atom. The van der Waals surface area contributed by atoms with Crippen LogP contribution in [-0.2, 0) is 11.3 Å². The topological polar surface area (TPSA) is 67.9 Å². The first kappa shape index (κ1) is 19.9. The highest BCUT2D eigenvalue weighted by molar-refractivity contribution is 5.96. The lowest BCUT2D eigenvalue weighted by Crippen LogP contribution is -2.39. The molecule has 3 rings (SSSR count). The van der Waals surface area contributed by atoms with Crippen molar-refractivity contribution >= 4 is 17.5 Å². The highest BCUT2D eigenvalue weighted by Gasteiger charge is 2.23. The molecule has 1 aliphatic heterocycles. The maximum absolute atomic E-state index is 13.0. The monoisotopic (exact) mass is 382 g/mol. The number of Topliss-reactive ketones (excluding diaryl/α,β-unsaturated/α-hetero) is 1. The molecular weight excluding hydrogens is 356 g/mol. The molecule has 148 valence electrons. The third-order valence-corrected chi connectivity index (χ3v) is 4.79. The van der Waals surface area contributed by atoms with Gasteiger partial charge in [0.2, 0.25) is 0 Å². The fourth-order valence-corrected chi connectivity index (χ4v) is 3.22. The summed E-state index contributed by atoms with van der Waals surface area (Å²) in [4.78, 5) is 26.3. The van der Waals surface area contributed by atoms with E-state index in [4.69, 9.17) is 9.47 Å². The van der Waals surface area contributed by atoms with Crippen molar-refractivity contribution in [2.45, 2.75) is 32.4 Å². The highest BCUT2D eigenvalue weighted by atomic mass is 16.5. The SMILES string of the molecule is COc1ccc(CN(C[C@H]2CCCO2)C(=O)Nc2cccc(C(C)=O)c2)cc1. The second-order valence-corrected chi connectivity index (χ2v) is 6.93. The van der Waals surface area contributed by atoms with E-state index in [1.165, 1.54) is 6.92 Å². The molecule has 0 bridgehead atoms. The smallest absolute Gasteiger partial charge is 0.322 e. The van der Waals surface area contributed by atoms with E-state index in [1.807, 2.05) is 24.3 Å². The van der Waals surface area contributed by atoms with E-state index in [9.17, 15) is 9.59 Å².